The van der Waals surface area contributed by atoms with Crippen molar-refractivity contribution >= 4 is 39.5 Å². The molecule has 1 aromatic heterocycles. The third-order valence-corrected chi connectivity index (χ3v) is 6.93. The molecule has 1 fully saturated rings. The lowest BCUT2D eigenvalue weighted by Gasteiger charge is -2.27. The van der Waals surface area contributed by atoms with Gasteiger partial charge in [0.25, 0.3) is 5.56 Å². The summed E-state index contributed by atoms with van der Waals surface area (Å²) in [5.74, 6) is 3.64. The molecule has 0 radical (unpaired) electrons. The minimum Gasteiger partial charge on any atom is -0.309 e. The van der Waals surface area contributed by atoms with E-state index in [9.17, 15) is 4.79 Å². The average molecular weight is 363 g/mol. The van der Waals surface area contributed by atoms with Gasteiger partial charge in [-0.3, -0.25) is 4.79 Å². The van der Waals surface area contributed by atoms with E-state index in [1.165, 1.54) is 5.75 Å². The zero-order valence-electron chi connectivity index (χ0n) is 11.4. The van der Waals surface area contributed by atoms with Gasteiger partial charge in [0.15, 0.2) is 0 Å². The molecule has 6 heteroatoms. The van der Waals surface area contributed by atoms with Crippen LogP contribution in [0.15, 0.2) is 9.27 Å². The summed E-state index contributed by atoms with van der Waals surface area (Å²) in [6, 6.07) is 0. The van der Waals surface area contributed by atoms with Gasteiger partial charge in [-0.1, -0.05) is 20.8 Å². The summed E-state index contributed by atoms with van der Waals surface area (Å²) in [7, 11) is 0. The number of thioether (sulfide) groups is 2. The second kappa shape index (κ2) is 6.68. The molecule has 1 aliphatic rings. The van der Waals surface area contributed by atoms with E-state index < -0.39 is 0 Å². The first-order chi connectivity index (χ1) is 8.99. The molecule has 1 saturated heterocycles. The smallest absolute Gasteiger partial charge is 0.265 e. The number of nitrogens with zero attached hydrogens (tertiary/aromatic N) is 1. The molecule has 2 unspecified atom stereocenters. The van der Waals surface area contributed by atoms with E-state index >= 15 is 0 Å². The molecular formula is C13H19BrN2OS2. The van der Waals surface area contributed by atoms with Crippen LogP contribution in [-0.4, -0.2) is 26.7 Å². The molecule has 0 aliphatic carbocycles. The molecule has 0 saturated carbocycles. The summed E-state index contributed by atoms with van der Waals surface area (Å²) in [4.78, 5) is 19.7. The van der Waals surface area contributed by atoms with Crippen molar-refractivity contribution < 1.29 is 0 Å². The Bertz CT molecular complexity index is 504. The quantitative estimate of drug-likeness (QED) is 0.891. The fourth-order valence-corrected chi connectivity index (χ4v) is 5.18. The molecule has 1 N–H and O–H groups in total. The van der Waals surface area contributed by atoms with Crippen LogP contribution in [-0.2, 0) is 6.42 Å². The fourth-order valence-electron chi connectivity index (χ4n) is 2.11. The Kier molecular flexibility index (Phi) is 5.43. The van der Waals surface area contributed by atoms with Crippen molar-refractivity contribution in [3.05, 3.63) is 26.3 Å². The highest BCUT2D eigenvalue weighted by Gasteiger charge is 2.27. The summed E-state index contributed by atoms with van der Waals surface area (Å²) in [6.07, 6.45) is 0.830. The topological polar surface area (TPSA) is 45.8 Å². The van der Waals surface area contributed by atoms with Crippen LogP contribution in [0.3, 0.4) is 0 Å². The van der Waals surface area contributed by atoms with Crippen LogP contribution < -0.4 is 5.56 Å². The van der Waals surface area contributed by atoms with Crippen LogP contribution in [0.2, 0.25) is 0 Å². The Labute approximate surface area is 130 Å². The molecular weight excluding hydrogens is 344 g/mol. The second-order valence-corrected chi connectivity index (χ2v) is 8.70. The largest absolute Gasteiger partial charge is 0.309 e. The van der Waals surface area contributed by atoms with Gasteiger partial charge in [-0.15, -0.1) is 11.8 Å². The minimum absolute atomic E-state index is 0.0518. The van der Waals surface area contributed by atoms with E-state index in [-0.39, 0.29) is 5.56 Å². The van der Waals surface area contributed by atoms with E-state index in [0.29, 0.717) is 20.9 Å². The normalized spacial score (nSPS) is 23.8. The maximum atomic E-state index is 12.0. The number of aromatic amines is 1. The Morgan fingerprint density at radius 3 is 2.74 bits per heavy atom. The summed E-state index contributed by atoms with van der Waals surface area (Å²) in [5.41, 5.74) is 0.834. The molecule has 19 heavy (non-hydrogen) atoms. The zero-order chi connectivity index (χ0) is 14.0. The molecule has 0 aromatic carbocycles. The summed E-state index contributed by atoms with van der Waals surface area (Å²) in [5, 5.41) is 0.792. The molecule has 0 amide bonds. The SMILES string of the molecule is CC(C)Cc1nc(C2SCCSC2C)[nH]c(=O)c1Br. The first kappa shape index (κ1) is 15.4. The number of aromatic nitrogens is 2. The van der Waals surface area contributed by atoms with Crippen LogP contribution in [0.25, 0.3) is 0 Å². The van der Waals surface area contributed by atoms with Crippen molar-refractivity contribution in [2.24, 2.45) is 5.92 Å². The van der Waals surface area contributed by atoms with Crippen molar-refractivity contribution in [3.8, 4) is 0 Å². The Balaban J connectivity index is 2.35. The van der Waals surface area contributed by atoms with Gasteiger partial charge in [-0.2, -0.15) is 11.8 Å². The molecule has 106 valence electrons. The van der Waals surface area contributed by atoms with Crippen molar-refractivity contribution in [1.82, 2.24) is 9.97 Å². The number of hydrogen-bond acceptors (Lipinski definition) is 4. The summed E-state index contributed by atoms with van der Waals surface area (Å²) >= 11 is 7.22. The van der Waals surface area contributed by atoms with Gasteiger partial charge in [0.05, 0.1) is 10.9 Å². The van der Waals surface area contributed by atoms with E-state index in [0.717, 1.165) is 23.7 Å². The third-order valence-electron chi connectivity index (χ3n) is 3.01. The standard InChI is InChI=1S/C13H19BrN2OS2/c1-7(2)6-9-10(14)13(17)16-12(15-9)11-8(3)18-4-5-19-11/h7-8,11H,4-6H2,1-3H3,(H,15,16,17). The highest BCUT2D eigenvalue weighted by molar-refractivity contribution is 9.10. The van der Waals surface area contributed by atoms with Gasteiger partial charge in [0.2, 0.25) is 0 Å². The third kappa shape index (κ3) is 3.79. The lowest BCUT2D eigenvalue weighted by Crippen LogP contribution is -2.23. The Morgan fingerprint density at radius 1 is 1.42 bits per heavy atom. The minimum atomic E-state index is -0.0518. The van der Waals surface area contributed by atoms with Gasteiger partial charge < -0.3 is 4.98 Å². The number of nitrogens with one attached hydrogen (secondary N) is 1. The average Bonchev–Trinajstić information content (AvgIpc) is 2.35. The van der Waals surface area contributed by atoms with Crippen molar-refractivity contribution in [2.75, 3.05) is 11.5 Å². The molecule has 3 nitrogen and oxygen atoms in total. The number of rotatable bonds is 3. The van der Waals surface area contributed by atoms with E-state index in [4.69, 9.17) is 4.98 Å². The monoisotopic (exact) mass is 362 g/mol. The van der Waals surface area contributed by atoms with Gasteiger partial charge in [-0.25, -0.2) is 4.98 Å². The maximum Gasteiger partial charge on any atom is 0.265 e. The first-order valence-corrected chi connectivity index (χ1v) is 9.40. The number of H-pyrrole nitrogens is 1. The molecule has 0 bridgehead atoms. The van der Waals surface area contributed by atoms with Gasteiger partial charge in [0, 0.05) is 16.8 Å². The van der Waals surface area contributed by atoms with Gasteiger partial charge in [0.1, 0.15) is 10.3 Å². The lowest BCUT2D eigenvalue weighted by molar-refractivity contribution is 0.624. The van der Waals surface area contributed by atoms with E-state index in [1.807, 2.05) is 23.5 Å². The van der Waals surface area contributed by atoms with Gasteiger partial charge >= 0.3 is 0 Å². The van der Waals surface area contributed by atoms with Crippen LogP contribution in [0.1, 0.15) is 37.5 Å². The highest BCUT2D eigenvalue weighted by atomic mass is 79.9. The van der Waals surface area contributed by atoms with Crippen molar-refractivity contribution in [1.29, 1.82) is 0 Å². The first-order valence-electron chi connectivity index (χ1n) is 6.50. The molecule has 1 aromatic rings. The van der Waals surface area contributed by atoms with Crippen LogP contribution in [0, 0.1) is 5.92 Å². The molecule has 0 spiro atoms. The van der Waals surface area contributed by atoms with Gasteiger partial charge in [-0.05, 0) is 28.3 Å². The lowest BCUT2D eigenvalue weighted by atomic mass is 10.1. The summed E-state index contributed by atoms with van der Waals surface area (Å²) < 4.78 is 0.589. The molecule has 2 rings (SSSR count). The highest BCUT2D eigenvalue weighted by Crippen LogP contribution is 2.40. The van der Waals surface area contributed by atoms with Crippen molar-refractivity contribution in [2.45, 2.75) is 37.7 Å². The number of hydrogen-bond donors (Lipinski definition) is 1. The Hall–Kier alpha value is 0.0600. The Morgan fingerprint density at radius 2 is 2.11 bits per heavy atom. The maximum absolute atomic E-state index is 12.0. The molecule has 1 aliphatic heterocycles. The predicted octanol–water partition coefficient (Wildman–Crippen LogP) is 3.64. The molecule has 2 heterocycles. The van der Waals surface area contributed by atoms with Crippen LogP contribution >= 0.6 is 39.5 Å². The molecule has 2 atom stereocenters. The van der Waals surface area contributed by atoms with E-state index in [1.54, 1.807) is 0 Å². The van der Waals surface area contributed by atoms with Crippen LogP contribution in [0.5, 0.6) is 0 Å². The number of halogens is 1. The van der Waals surface area contributed by atoms with E-state index in [2.05, 4.69) is 41.7 Å². The predicted molar refractivity (Wildman–Crippen MR) is 88.2 cm³/mol. The van der Waals surface area contributed by atoms with Crippen LogP contribution in [0.4, 0.5) is 0 Å². The zero-order valence-corrected chi connectivity index (χ0v) is 14.6. The fraction of sp³-hybridized carbons (Fsp3) is 0.692. The second-order valence-electron chi connectivity index (χ2n) is 5.18. The van der Waals surface area contributed by atoms with Crippen molar-refractivity contribution in [3.63, 3.8) is 0 Å². The summed E-state index contributed by atoms with van der Waals surface area (Å²) in [6.45, 7) is 6.50.